The van der Waals surface area contributed by atoms with Gasteiger partial charge in [-0.05, 0) is 12.0 Å². The highest BCUT2D eigenvalue weighted by atomic mass is 16.2. The number of fused-ring (bicyclic) bond motifs is 1. The summed E-state index contributed by atoms with van der Waals surface area (Å²) in [6.45, 7) is 5.28. The molecule has 0 unspecified atom stereocenters. The molecule has 0 fully saturated rings. The zero-order chi connectivity index (χ0) is 10.8. The van der Waals surface area contributed by atoms with Gasteiger partial charge in [0.05, 0.1) is 12.2 Å². The highest BCUT2D eigenvalue weighted by Crippen LogP contribution is 2.16. The topological polar surface area (TPSA) is 46.1 Å². The third kappa shape index (κ3) is 1.98. The van der Waals surface area contributed by atoms with Gasteiger partial charge < -0.3 is 4.90 Å². The van der Waals surface area contributed by atoms with E-state index < -0.39 is 0 Å². The number of nitrogens with zero attached hydrogens (tertiary/aromatic N) is 3. The lowest BCUT2D eigenvalue weighted by Gasteiger charge is -2.29. The number of hydrogen-bond acceptors (Lipinski definition) is 3. The smallest absolute Gasteiger partial charge is 0.225 e. The SMILES string of the molecule is CC(C)C(=O)N1CCc2cncnc2C1. The van der Waals surface area contributed by atoms with Crippen LogP contribution >= 0.6 is 0 Å². The van der Waals surface area contributed by atoms with Crippen molar-refractivity contribution < 1.29 is 4.79 Å². The van der Waals surface area contributed by atoms with Crippen molar-refractivity contribution in [2.75, 3.05) is 6.54 Å². The molecule has 0 radical (unpaired) electrons. The molecule has 0 aromatic carbocycles. The van der Waals surface area contributed by atoms with Gasteiger partial charge in [0.1, 0.15) is 6.33 Å². The predicted octanol–water partition coefficient (Wildman–Crippen LogP) is 1.02. The third-order valence-corrected chi connectivity index (χ3v) is 2.68. The van der Waals surface area contributed by atoms with E-state index >= 15 is 0 Å². The van der Waals surface area contributed by atoms with Crippen molar-refractivity contribution in [3.05, 3.63) is 23.8 Å². The minimum absolute atomic E-state index is 0.0633. The third-order valence-electron chi connectivity index (χ3n) is 2.68. The summed E-state index contributed by atoms with van der Waals surface area (Å²) in [5, 5.41) is 0. The molecule has 4 heteroatoms. The summed E-state index contributed by atoms with van der Waals surface area (Å²) in [6.07, 6.45) is 4.26. The van der Waals surface area contributed by atoms with E-state index in [1.54, 1.807) is 6.33 Å². The van der Waals surface area contributed by atoms with E-state index in [0.29, 0.717) is 6.54 Å². The lowest BCUT2D eigenvalue weighted by molar-refractivity contribution is -0.135. The summed E-state index contributed by atoms with van der Waals surface area (Å²) >= 11 is 0. The Hall–Kier alpha value is -1.45. The molecule has 15 heavy (non-hydrogen) atoms. The van der Waals surface area contributed by atoms with E-state index in [-0.39, 0.29) is 11.8 Å². The Balaban J connectivity index is 2.15. The van der Waals surface area contributed by atoms with Gasteiger partial charge in [-0.25, -0.2) is 9.97 Å². The fraction of sp³-hybridized carbons (Fsp3) is 0.545. The Bertz CT molecular complexity index is 376. The summed E-state index contributed by atoms with van der Waals surface area (Å²) in [7, 11) is 0. The number of carbonyl (C=O) groups is 1. The van der Waals surface area contributed by atoms with E-state index in [9.17, 15) is 4.79 Å². The van der Waals surface area contributed by atoms with Gasteiger partial charge in [-0.2, -0.15) is 0 Å². The molecule has 2 heterocycles. The van der Waals surface area contributed by atoms with Gasteiger partial charge in [0.2, 0.25) is 5.91 Å². The van der Waals surface area contributed by atoms with Crippen LogP contribution in [0, 0.1) is 5.92 Å². The van der Waals surface area contributed by atoms with E-state index in [1.807, 2.05) is 24.9 Å². The molecule has 1 aliphatic heterocycles. The van der Waals surface area contributed by atoms with Crippen molar-refractivity contribution in [3.8, 4) is 0 Å². The molecule has 1 aliphatic rings. The summed E-state index contributed by atoms with van der Waals surface area (Å²) in [5.74, 6) is 0.271. The number of rotatable bonds is 1. The normalized spacial score (nSPS) is 15.3. The van der Waals surface area contributed by atoms with Crippen LogP contribution in [0.3, 0.4) is 0 Å². The molecule has 0 bridgehead atoms. The lowest BCUT2D eigenvalue weighted by atomic mass is 10.1. The maximum absolute atomic E-state index is 11.8. The van der Waals surface area contributed by atoms with Crippen LogP contribution in [0.4, 0.5) is 0 Å². The molecule has 1 aromatic rings. The fourth-order valence-electron chi connectivity index (χ4n) is 1.80. The highest BCUT2D eigenvalue weighted by molar-refractivity contribution is 5.78. The van der Waals surface area contributed by atoms with Crippen LogP contribution in [-0.4, -0.2) is 27.3 Å². The molecule has 1 amide bonds. The van der Waals surface area contributed by atoms with Gasteiger partial charge >= 0.3 is 0 Å². The predicted molar refractivity (Wildman–Crippen MR) is 56.0 cm³/mol. The monoisotopic (exact) mass is 205 g/mol. The van der Waals surface area contributed by atoms with Crippen LogP contribution in [-0.2, 0) is 17.8 Å². The van der Waals surface area contributed by atoms with Crippen molar-refractivity contribution in [2.45, 2.75) is 26.8 Å². The van der Waals surface area contributed by atoms with Gasteiger partial charge in [-0.15, -0.1) is 0 Å². The van der Waals surface area contributed by atoms with Gasteiger partial charge in [0.25, 0.3) is 0 Å². The van der Waals surface area contributed by atoms with Crippen molar-refractivity contribution in [2.24, 2.45) is 5.92 Å². The van der Waals surface area contributed by atoms with Crippen LogP contribution in [0.1, 0.15) is 25.1 Å². The van der Waals surface area contributed by atoms with Crippen LogP contribution < -0.4 is 0 Å². The van der Waals surface area contributed by atoms with Gasteiger partial charge in [0, 0.05) is 18.7 Å². The Morgan fingerprint density at radius 1 is 1.53 bits per heavy atom. The number of aromatic nitrogens is 2. The largest absolute Gasteiger partial charge is 0.336 e. The standard InChI is InChI=1S/C11H15N3O/c1-8(2)11(15)14-4-3-9-5-12-7-13-10(9)6-14/h5,7-8H,3-4,6H2,1-2H3. The molecule has 0 saturated heterocycles. The Morgan fingerprint density at radius 2 is 2.33 bits per heavy atom. The second-order valence-electron chi connectivity index (χ2n) is 4.16. The first-order chi connectivity index (χ1) is 7.18. The van der Waals surface area contributed by atoms with E-state index in [1.165, 1.54) is 5.56 Å². The van der Waals surface area contributed by atoms with E-state index in [4.69, 9.17) is 0 Å². The molecule has 1 aromatic heterocycles. The zero-order valence-corrected chi connectivity index (χ0v) is 9.10. The summed E-state index contributed by atoms with van der Waals surface area (Å²) in [4.78, 5) is 21.9. The Morgan fingerprint density at radius 3 is 3.07 bits per heavy atom. The molecule has 0 spiro atoms. The fourth-order valence-corrected chi connectivity index (χ4v) is 1.80. The molecular weight excluding hydrogens is 190 g/mol. The first-order valence-corrected chi connectivity index (χ1v) is 5.25. The molecule has 0 aliphatic carbocycles. The zero-order valence-electron chi connectivity index (χ0n) is 9.10. The summed E-state index contributed by atoms with van der Waals surface area (Å²) in [6, 6.07) is 0. The van der Waals surface area contributed by atoms with Crippen molar-refractivity contribution >= 4 is 5.91 Å². The lowest BCUT2D eigenvalue weighted by Crippen LogP contribution is -2.38. The number of hydrogen-bond donors (Lipinski definition) is 0. The van der Waals surface area contributed by atoms with Crippen molar-refractivity contribution in [3.63, 3.8) is 0 Å². The van der Waals surface area contributed by atoms with E-state index in [0.717, 1.165) is 18.7 Å². The Kier molecular flexibility index (Phi) is 2.66. The average Bonchev–Trinajstić information content (AvgIpc) is 2.27. The minimum atomic E-state index is 0.0633. The first kappa shape index (κ1) is 10.1. The molecular formula is C11H15N3O. The summed E-state index contributed by atoms with van der Waals surface area (Å²) < 4.78 is 0. The molecule has 4 nitrogen and oxygen atoms in total. The van der Waals surface area contributed by atoms with Crippen LogP contribution in [0.2, 0.25) is 0 Å². The maximum atomic E-state index is 11.8. The van der Waals surface area contributed by atoms with Crippen LogP contribution in [0.5, 0.6) is 0 Å². The second-order valence-corrected chi connectivity index (χ2v) is 4.16. The van der Waals surface area contributed by atoms with Gasteiger partial charge in [-0.1, -0.05) is 13.8 Å². The number of amides is 1. The maximum Gasteiger partial charge on any atom is 0.225 e. The number of carbonyl (C=O) groups excluding carboxylic acids is 1. The highest BCUT2D eigenvalue weighted by Gasteiger charge is 2.22. The molecule has 0 atom stereocenters. The molecule has 0 saturated carbocycles. The molecule has 2 rings (SSSR count). The quantitative estimate of drug-likeness (QED) is 0.687. The van der Waals surface area contributed by atoms with E-state index in [2.05, 4.69) is 9.97 Å². The first-order valence-electron chi connectivity index (χ1n) is 5.25. The van der Waals surface area contributed by atoms with Gasteiger partial charge in [0.15, 0.2) is 0 Å². The average molecular weight is 205 g/mol. The van der Waals surface area contributed by atoms with Crippen molar-refractivity contribution in [1.82, 2.24) is 14.9 Å². The van der Waals surface area contributed by atoms with Crippen LogP contribution in [0.15, 0.2) is 12.5 Å². The second kappa shape index (κ2) is 3.96. The van der Waals surface area contributed by atoms with Crippen LogP contribution in [0.25, 0.3) is 0 Å². The summed E-state index contributed by atoms with van der Waals surface area (Å²) in [5.41, 5.74) is 2.16. The minimum Gasteiger partial charge on any atom is -0.336 e. The Labute approximate surface area is 89.3 Å². The molecule has 0 N–H and O–H groups in total. The molecule has 80 valence electrons. The van der Waals surface area contributed by atoms with Crippen molar-refractivity contribution in [1.29, 1.82) is 0 Å². The van der Waals surface area contributed by atoms with Gasteiger partial charge in [-0.3, -0.25) is 4.79 Å².